The minimum atomic E-state index is -0.611. The Morgan fingerprint density at radius 1 is 0.970 bits per heavy atom. The van der Waals surface area contributed by atoms with Gasteiger partial charge in [-0.05, 0) is 18.2 Å². The van der Waals surface area contributed by atoms with Crippen molar-refractivity contribution in [2.24, 2.45) is 0 Å². The van der Waals surface area contributed by atoms with Crippen molar-refractivity contribution >= 4 is 76.1 Å². The van der Waals surface area contributed by atoms with Crippen molar-refractivity contribution in [2.75, 3.05) is 49.7 Å². The Balaban J connectivity index is 0.000000425. The molecule has 11 heteroatoms. The molecule has 0 radical (unpaired) electrons. The lowest BCUT2D eigenvalue weighted by Gasteiger charge is -2.17. The van der Waals surface area contributed by atoms with E-state index in [1.54, 1.807) is 30.3 Å². The van der Waals surface area contributed by atoms with Crippen LogP contribution in [0, 0.1) is 0 Å². The number of ketones is 1. The molecule has 0 aliphatic carbocycles. The van der Waals surface area contributed by atoms with E-state index in [-0.39, 0.29) is 24.1 Å². The second-order valence-electron chi connectivity index (χ2n) is 6.54. The van der Waals surface area contributed by atoms with Crippen molar-refractivity contribution in [3.8, 4) is 0 Å². The van der Waals surface area contributed by atoms with Crippen LogP contribution in [0.4, 0.5) is 10.7 Å². The number of carbonyl (C=O) groups is 2. The van der Waals surface area contributed by atoms with E-state index < -0.39 is 6.09 Å². The standard InChI is InChI=1S/C16H13N3O3.C6H12Cl3N.ClH/c1-22-16(21)19-15-17-12-8-7-11(9-13(12)18-15)14(20)10-5-3-2-4-6-10;7-1-4-10(5-2-8)6-3-9;/h2-9H,1H3,(H2,17,18,19,21);1-6H2;1H. The highest BCUT2D eigenvalue weighted by atomic mass is 35.5. The van der Waals surface area contributed by atoms with Crippen molar-refractivity contribution < 1.29 is 14.3 Å². The first-order valence-electron chi connectivity index (χ1n) is 9.87. The third-order valence-electron chi connectivity index (χ3n) is 4.39. The van der Waals surface area contributed by atoms with Gasteiger partial charge in [-0.1, -0.05) is 30.3 Å². The van der Waals surface area contributed by atoms with Crippen LogP contribution < -0.4 is 5.32 Å². The van der Waals surface area contributed by atoms with Crippen molar-refractivity contribution in [1.29, 1.82) is 0 Å². The fourth-order valence-electron chi connectivity index (χ4n) is 2.81. The molecule has 3 rings (SSSR count). The maximum Gasteiger partial charge on any atom is 0.413 e. The highest BCUT2D eigenvalue weighted by molar-refractivity contribution is 6.18. The Hall–Kier alpha value is -2.03. The zero-order chi connectivity index (χ0) is 23.3. The van der Waals surface area contributed by atoms with E-state index >= 15 is 0 Å². The molecule has 0 bridgehead atoms. The Labute approximate surface area is 214 Å². The topological polar surface area (TPSA) is 87.3 Å². The number of aromatic amines is 1. The van der Waals surface area contributed by atoms with Crippen LogP contribution in [0.2, 0.25) is 0 Å². The predicted octanol–water partition coefficient (Wildman–Crippen LogP) is 5.40. The van der Waals surface area contributed by atoms with Crippen molar-refractivity contribution in [3.05, 3.63) is 59.7 Å². The van der Waals surface area contributed by atoms with E-state index in [0.29, 0.717) is 39.8 Å². The maximum absolute atomic E-state index is 12.4. The fourth-order valence-corrected chi connectivity index (χ4v) is 3.53. The number of imidazole rings is 1. The number of rotatable bonds is 9. The van der Waals surface area contributed by atoms with Crippen LogP contribution in [0.3, 0.4) is 0 Å². The van der Waals surface area contributed by atoms with Crippen LogP contribution in [0.25, 0.3) is 11.0 Å². The number of fused-ring (bicyclic) bond motifs is 1. The van der Waals surface area contributed by atoms with E-state index in [4.69, 9.17) is 34.8 Å². The molecule has 2 aromatic carbocycles. The molecule has 7 nitrogen and oxygen atoms in total. The minimum absolute atomic E-state index is 0. The first-order chi connectivity index (χ1) is 15.5. The summed E-state index contributed by atoms with van der Waals surface area (Å²) in [6.45, 7) is 2.63. The summed E-state index contributed by atoms with van der Waals surface area (Å²) in [5.74, 6) is 2.14. The van der Waals surface area contributed by atoms with Gasteiger partial charge in [0.05, 0.1) is 18.1 Å². The van der Waals surface area contributed by atoms with Gasteiger partial charge in [0.25, 0.3) is 0 Å². The van der Waals surface area contributed by atoms with Gasteiger partial charge in [0, 0.05) is 48.4 Å². The average Bonchev–Trinajstić information content (AvgIpc) is 3.21. The molecule has 2 N–H and O–H groups in total. The molecule has 1 heterocycles. The molecule has 0 atom stereocenters. The lowest BCUT2D eigenvalue weighted by Crippen LogP contribution is -2.29. The number of anilines is 1. The van der Waals surface area contributed by atoms with Crippen LogP contribution in [0.5, 0.6) is 0 Å². The van der Waals surface area contributed by atoms with Gasteiger partial charge in [-0.15, -0.1) is 47.2 Å². The fraction of sp³-hybridized carbons (Fsp3) is 0.318. The summed E-state index contributed by atoms with van der Waals surface area (Å²) >= 11 is 16.6. The summed E-state index contributed by atoms with van der Waals surface area (Å²) in [6, 6.07) is 14.2. The SMILES string of the molecule is COC(=O)Nc1nc2ccc(C(=O)c3ccccc3)cc2[nH]1.Cl.ClCCN(CCCl)CCCl. The minimum Gasteiger partial charge on any atom is -0.453 e. The van der Waals surface area contributed by atoms with Gasteiger partial charge < -0.3 is 9.72 Å². The van der Waals surface area contributed by atoms with Crippen molar-refractivity contribution in [2.45, 2.75) is 0 Å². The smallest absolute Gasteiger partial charge is 0.413 e. The lowest BCUT2D eigenvalue weighted by atomic mass is 10.0. The molecule has 0 saturated carbocycles. The second kappa shape index (κ2) is 15.7. The van der Waals surface area contributed by atoms with E-state index in [1.165, 1.54) is 7.11 Å². The lowest BCUT2D eigenvalue weighted by molar-refractivity contribution is 0.103. The largest absolute Gasteiger partial charge is 0.453 e. The number of nitrogens with zero attached hydrogens (tertiary/aromatic N) is 2. The monoisotopic (exact) mass is 534 g/mol. The van der Waals surface area contributed by atoms with E-state index in [0.717, 1.165) is 19.6 Å². The summed E-state index contributed by atoms with van der Waals surface area (Å²) in [5.41, 5.74) is 2.48. The number of hydrogen-bond acceptors (Lipinski definition) is 5. The third-order valence-corrected chi connectivity index (χ3v) is 4.90. The molecule has 0 spiro atoms. The number of amides is 1. The summed E-state index contributed by atoms with van der Waals surface area (Å²) in [4.78, 5) is 32.8. The number of halogens is 4. The summed E-state index contributed by atoms with van der Waals surface area (Å²) < 4.78 is 4.51. The van der Waals surface area contributed by atoms with E-state index in [9.17, 15) is 9.59 Å². The Morgan fingerprint density at radius 3 is 2.12 bits per heavy atom. The zero-order valence-corrected chi connectivity index (χ0v) is 21.1. The number of benzene rings is 2. The van der Waals surface area contributed by atoms with Crippen LogP contribution in [-0.4, -0.2) is 71.1 Å². The second-order valence-corrected chi connectivity index (χ2v) is 7.67. The predicted molar refractivity (Wildman–Crippen MR) is 138 cm³/mol. The number of methoxy groups -OCH3 is 1. The molecule has 1 amide bonds. The number of nitrogens with one attached hydrogen (secondary N) is 2. The number of ether oxygens (including phenoxy) is 1. The molecule has 0 saturated heterocycles. The summed E-state index contributed by atoms with van der Waals surface area (Å²) in [7, 11) is 1.27. The normalized spacial score (nSPS) is 10.2. The molecular formula is C22H26Cl4N4O3. The van der Waals surface area contributed by atoms with Gasteiger partial charge >= 0.3 is 6.09 Å². The Bertz CT molecular complexity index is 987. The Kier molecular flexibility index (Phi) is 13.8. The number of hydrogen-bond donors (Lipinski definition) is 2. The number of aromatic nitrogens is 2. The molecule has 33 heavy (non-hydrogen) atoms. The van der Waals surface area contributed by atoms with Crippen LogP contribution in [-0.2, 0) is 4.74 Å². The molecule has 1 aromatic heterocycles. The van der Waals surface area contributed by atoms with Gasteiger partial charge in [-0.25, -0.2) is 9.78 Å². The highest BCUT2D eigenvalue weighted by Gasteiger charge is 2.12. The molecular weight excluding hydrogens is 510 g/mol. The molecule has 3 aromatic rings. The molecule has 0 aliphatic rings. The van der Waals surface area contributed by atoms with E-state index in [1.807, 2.05) is 18.2 Å². The average molecular weight is 536 g/mol. The maximum atomic E-state index is 12.4. The molecule has 0 unspecified atom stereocenters. The Morgan fingerprint density at radius 2 is 1.58 bits per heavy atom. The number of carbonyl (C=O) groups excluding carboxylic acids is 2. The van der Waals surface area contributed by atoms with Gasteiger partial charge in [-0.3, -0.25) is 15.0 Å². The summed E-state index contributed by atoms with van der Waals surface area (Å²) in [6.07, 6.45) is -0.611. The number of H-pyrrole nitrogens is 1. The first-order valence-corrected chi connectivity index (χ1v) is 11.5. The van der Waals surface area contributed by atoms with Crippen LogP contribution in [0.1, 0.15) is 15.9 Å². The first kappa shape index (κ1) is 29.0. The van der Waals surface area contributed by atoms with Crippen molar-refractivity contribution in [3.63, 3.8) is 0 Å². The van der Waals surface area contributed by atoms with Crippen molar-refractivity contribution in [1.82, 2.24) is 14.9 Å². The highest BCUT2D eigenvalue weighted by Crippen LogP contribution is 2.18. The molecule has 0 aliphatic heterocycles. The van der Waals surface area contributed by atoms with Crippen LogP contribution in [0.15, 0.2) is 48.5 Å². The quantitative estimate of drug-likeness (QED) is 0.283. The van der Waals surface area contributed by atoms with E-state index in [2.05, 4.69) is 24.9 Å². The van der Waals surface area contributed by atoms with Gasteiger partial charge in [0.2, 0.25) is 5.95 Å². The van der Waals surface area contributed by atoms with Gasteiger partial charge in [-0.2, -0.15) is 0 Å². The zero-order valence-electron chi connectivity index (χ0n) is 18.0. The van der Waals surface area contributed by atoms with Crippen LogP contribution >= 0.6 is 47.2 Å². The molecule has 0 fully saturated rings. The summed E-state index contributed by atoms with van der Waals surface area (Å²) in [5, 5.41) is 2.45. The van der Waals surface area contributed by atoms with Gasteiger partial charge in [0.1, 0.15) is 0 Å². The number of alkyl halides is 3. The third kappa shape index (κ3) is 9.39. The molecule has 180 valence electrons. The van der Waals surface area contributed by atoms with Gasteiger partial charge in [0.15, 0.2) is 5.78 Å².